The number of hydrogen-bond acceptors (Lipinski definition) is 2. The minimum absolute atomic E-state index is 0. The summed E-state index contributed by atoms with van der Waals surface area (Å²) in [5.41, 5.74) is 6.87. The average molecular weight is 314 g/mol. The molecule has 0 radical (unpaired) electrons. The van der Waals surface area contributed by atoms with Gasteiger partial charge in [-0.2, -0.15) is 0 Å². The van der Waals surface area contributed by atoms with Gasteiger partial charge in [0.1, 0.15) is 0 Å². The molecule has 18 heavy (non-hydrogen) atoms. The number of halogens is 1. The van der Waals surface area contributed by atoms with Gasteiger partial charge in [0.2, 0.25) is 0 Å². The molecule has 0 atom stereocenters. The molecule has 100 valence electrons. The normalized spacial score (nSPS) is 15.0. The van der Waals surface area contributed by atoms with Gasteiger partial charge in [-0.1, -0.05) is 30.3 Å². The highest BCUT2D eigenvalue weighted by atomic mass is 79.9. The van der Waals surface area contributed by atoms with Gasteiger partial charge in [-0.05, 0) is 18.4 Å². The van der Waals surface area contributed by atoms with Crippen molar-refractivity contribution in [2.24, 2.45) is 10.7 Å². The van der Waals surface area contributed by atoms with Crippen molar-refractivity contribution in [1.29, 1.82) is 0 Å². The van der Waals surface area contributed by atoms with Crippen molar-refractivity contribution in [3.05, 3.63) is 35.9 Å². The van der Waals surface area contributed by atoms with Crippen LogP contribution in [-0.4, -0.2) is 25.2 Å². The quantitative estimate of drug-likeness (QED) is 0.479. The molecule has 0 bridgehead atoms. The van der Waals surface area contributed by atoms with Crippen LogP contribution in [0.4, 0.5) is 0 Å². The smallest absolute Gasteiger partial charge is 0.188 e. The van der Waals surface area contributed by atoms with Crippen molar-refractivity contribution >= 4 is 22.9 Å². The third-order valence-corrected chi connectivity index (χ3v) is 2.56. The molecule has 1 saturated carbocycles. The molecule has 1 aliphatic carbocycles. The van der Waals surface area contributed by atoms with Crippen molar-refractivity contribution in [3.63, 3.8) is 0 Å². The molecule has 1 fully saturated rings. The number of hydrogen-bond donors (Lipinski definition) is 2. The van der Waals surface area contributed by atoms with E-state index in [1.165, 1.54) is 18.4 Å². The summed E-state index contributed by atoms with van der Waals surface area (Å²) in [5.74, 6) is 0.538. The summed E-state index contributed by atoms with van der Waals surface area (Å²) in [6.45, 7) is 1.84. The molecule has 3 N–H and O–H groups in total. The van der Waals surface area contributed by atoms with Gasteiger partial charge in [0, 0.05) is 6.04 Å². The van der Waals surface area contributed by atoms with Crippen molar-refractivity contribution < 1.29 is 4.74 Å². The topological polar surface area (TPSA) is 59.6 Å². The maximum Gasteiger partial charge on any atom is 0.188 e. The van der Waals surface area contributed by atoms with Crippen LogP contribution in [0.5, 0.6) is 0 Å². The van der Waals surface area contributed by atoms with E-state index in [1.807, 2.05) is 30.3 Å². The van der Waals surface area contributed by atoms with E-state index >= 15 is 0 Å². The monoisotopic (exact) mass is 313 g/mol. The molecule has 2 rings (SSSR count). The lowest BCUT2D eigenvalue weighted by atomic mass is 10.2. The van der Waals surface area contributed by atoms with Crippen LogP contribution in [0.25, 0.3) is 0 Å². The largest absolute Gasteiger partial charge is 0.375 e. The van der Waals surface area contributed by atoms with E-state index in [2.05, 4.69) is 10.3 Å². The summed E-state index contributed by atoms with van der Waals surface area (Å²) >= 11 is 0. The highest BCUT2D eigenvalue weighted by Gasteiger charge is 2.21. The molecule has 0 saturated heterocycles. The third-order valence-electron chi connectivity index (χ3n) is 2.56. The van der Waals surface area contributed by atoms with Crippen LogP contribution < -0.4 is 11.1 Å². The first-order valence-corrected chi connectivity index (χ1v) is 6.03. The Bertz CT molecular complexity index is 366. The van der Waals surface area contributed by atoms with Crippen LogP contribution in [0, 0.1) is 0 Å². The molecular weight excluding hydrogens is 294 g/mol. The summed E-state index contributed by atoms with van der Waals surface area (Å²) in [5, 5.41) is 3.13. The fourth-order valence-corrected chi connectivity index (χ4v) is 1.48. The van der Waals surface area contributed by atoms with Gasteiger partial charge < -0.3 is 15.8 Å². The van der Waals surface area contributed by atoms with E-state index in [0.29, 0.717) is 31.8 Å². The first kappa shape index (κ1) is 15.0. The first-order chi connectivity index (χ1) is 8.34. The Hall–Kier alpha value is -1.07. The molecule has 0 amide bonds. The Morgan fingerprint density at radius 1 is 1.33 bits per heavy atom. The number of guanidine groups is 1. The van der Waals surface area contributed by atoms with Crippen molar-refractivity contribution in [2.45, 2.75) is 25.5 Å². The van der Waals surface area contributed by atoms with Gasteiger partial charge in [-0.25, -0.2) is 0 Å². The summed E-state index contributed by atoms with van der Waals surface area (Å²) in [4.78, 5) is 4.19. The minimum atomic E-state index is 0. The maximum absolute atomic E-state index is 5.69. The van der Waals surface area contributed by atoms with Gasteiger partial charge in [0.05, 0.1) is 19.8 Å². The zero-order chi connectivity index (χ0) is 11.9. The molecule has 0 spiro atoms. The number of nitrogens with zero attached hydrogens (tertiary/aromatic N) is 1. The number of nitrogens with one attached hydrogen (secondary N) is 1. The molecule has 5 heteroatoms. The van der Waals surface area contributed by atoms with E-state index in [0.717, 1.165) is 0 Å². The minimum Gasteiger partial charge on any atom is -0.375 e. The Balaban J connectivity index is 0.00000162. The second-order valence-electron chi connectivity index (χ2n) is 4.22. The molecule has 4 nitrogen and oxygen atoms in total. The van der Waals surface area contributed by atoms with E-state index in [9.17, 15) is 0 Å². The number of ether oxygens (including phenoxy) is 1. The lowest BCUT2D eigenvalue weighted by Crippen LogP contribution is -2.33. The van der Waals surface area contributed by atoms with E-state index in [4.69, 9.17) is 10.5 Å². The number of nitrogens with two attached hydrogens (primary N) is 1. The van der Waals surface area contributed by atoms with Crippen LogP contribution in [0.1, 0.15) is 18.4 Å². The molecule has 0 aromatic heterocycles. The fourth-order valence-electron chi connectivity index (χ4n) is 1.48. The summed E-state index contributed by atoms with van der Waals surface area (Å²) < 4.78 is 5.50. The molecule has 1 aliphatic rings. The molecule has 0 aliphatic heterocycles. The number of aliphatic imine (C=N–C) groups is 1. The van der Waals surface area contributed by atoms with Gasteiger partial charge >= 0.3 is 0 Å². The molecule has 0 heterocycles. The Kier molecular flexibility index (Phi) is 6.75. The zero-order valence-corrected chi connectivity index (χ0v) is 12.1. The molecule has 1 aromatic carbocycles. The van der Waals surface area contributed by atoms with Gasteiger partial charge in [0.25, 0.3) is 0 Å². The van der Waals surface area contributed by atoms with Crippen molar-refractivity contribution in [1.82, 2.24) is 5.32 Å². The lowest BCUT2D eigenvalue weighted by molar-refractivity contribution is 0.128. The predicted molar refractivity (Wildman–Crippen MR) is 79.1 cm³/mol. The maximum atomic E-state index is 5.69. The van der Waals surface area contributed by atoms with E-state index < -0.39 is 0 Å². The standard InChI is InChI=1S/C13H19N3O.BrH/c14-13(16-12-6-7-12)15-8-9-17-10-11-4-2-1-3-5-11;/h1-5,12H,6-10H2,(H3,14,15,16);1H. The van der Waals surface area contributed by atoms with Gasteiger partial charge in [-0.15, -0.1) is 17.0 Å². The summed E-state index contributed by atoms with van der Waals surface area (Å²) in [6, 6.07) is 10.7. The van der Waals surface area contributed by atoms with Crippen LogP contribution in [-0.2, 0) is 11.3 Å². The van der Waals surface area contributed by atoms with Gasteiger partial charge in [-0.3, -0.25) is 4.99 Å². The van der Waals surface area contributed by atoms with Crippen molar-refractivity contribution in [3.8, 4) is 0 Å². The second kappa shape index (κ2) is 8.11. The van der Waals surface area contributed by atoms with Gasteiger partial charge in [0.15, 0.2) is 5.96 Å². The second-order valence-corrected chi connectivity index (χ2v) is 4.22. The lowest BCUT2D eigenvalue weighted by Gasteiger charge is -2.04. The zero-order valence-electron chi connectivity index (χ0n) is 10.3. The van der Waals surface area contributed by atoms with E-state index in [1.54, 1.807) is 0 Å². The number of rotatable bonds is 6. The summed E-state index contributed by atoms with van der Waals surface area (Å²) in [6.07, 6.45) is 2.42. The predicted octanol–water partition coefficient (Wildman–Crippen LogP) is 1.85. The van der Waals surface area contributed by atoms with Crippen LogP contribution in [0.3, 0.4) is 0 Å². The fraction of sp³-hybridized carbons (Fsp3) is 0.462. The molecular formula is C13H20BrN3O. The third kappa shape index (κ3) is 6.02. The summed E-state index contributed by atoms with van der Waals surface area (Å²) in [7, 11) is 0. The SMILES string of the molecule is Br.NC(=NCCOCc1ccccc1)NC1CC1. The van der Waals surface area contributed by atoms with E-state index in [-0.39, 0.29) is 17.0 Å². The Morgan fingerprint density at radius 3 is 2.72 bits per heavy atom. The van der Waals surface area contributed by atoms with Crippen LogP contribution >= 0.6 is 17.0 Å². The molecule has 1 aromatic rings. The number of benzene rings is 1. The highest BCUT2D eigenvalue weighted by molar-refractivity contribution is 8.93. The van der Waals surface area contributed by atoms with Crippen LogP contribution in [0.15, 0.2) is 35.3 Å². The highest BCUT2D eigenvalue weighted by Crippen LogP contribution is 2.17. The van der Waals surface area contributed by atoms with Crippen molar-refractivity contribution in [2.75, 3.05) is 13.2 Å². The Labute approximate surface area is 118 Å². The van der Waals surface area contributed by atoms with Crippen LogP contribution in [0.2, 0.25) is 0 Å². The molecule has 0 unspecified atom stereocenters. The average Bonchev–Trinajstić information content (AvgIpc) is 3.14. The first-order valence-electron chi connectivity index (χ1n) is 6.03. The Morgan fingerprint density at radius 2 is 2.06 bits per heavy atom.